The second kappa shape index (κ2) is 10.5. The Morgan fingerprint density at radius 2 is 1.68 bits per heavy atom. The standard InChI is InChI=1S/C21H24BrClN2O3/c1-14(2)24-21(27)15(3)25(12-16-4-8-18(23)9-5-16)20(26)13-28-19-10-6-17(22)7-11-19/h4-11,14-15H,12-13H2,1-3H3,(H,24,27). The maximum Gasteiger partial charge on any atom is 0.261 e. The lowest BCUT2D eigenvalue weighted by molar-refractivity contribution is -0.142. The fraction of sp³-hybridized carbons (Fsp3) is 0.333. The van der Waals surface area contributed by atoms with Gasteiger partial charge in [0.05, 0.1) is 0 Å². The van der Waals surface area contributed by atoms with Crippen molar-refractivity contribution in [2.75, 3.05) is 6.61 Å². The van der Waals surface area contributed by atoms with Gasteiger partial charge in [-0.3, -0.25) is 9.59 Å². The molecule has 2 aromatic carbocycles. The number of ether oxygens (including phenoxy) is 1. The van der Waals surface area contributed by atoms with Gasteiger partial charge in [-0.15, -0.1) is 0 Å². The molecule has 0 heterocycles. The van der Waals surface area contributed by atoms with Crippen LogP contribution in [0.3, 0.4) is 0 Å². The number of nitrogens with zero attached hydrogens (tertiary/aromatic N) is 1. The van der Waals surface area contributed by atoms with Gasteiger partial charge in [-0.05, 0) is 62.7 Å². The highest BCUT2D eigenvalue weighted by Crippen LogP contribution is 2.17. The van der Waals surface area contributed by atoms with Crippen molar-refractivity contribution in [1.29, 1.82) is 0 Å². The molecular formula is C21H24BrClN2O3. The summed E-state index contributed by atoms with van der Waals surface area (Å²) < 4.78 is 6.53. The highest BCUT2D eigenvalue weighted by Gasteiger charge is 2.26. The Labute approximate surface area is 179 Å². The van der Waals surface area contributed by atoms with Crippen LogP contribution in [0, 0.1) is 0 Å². The van der Waals surface area contributed by atoms with Crippen LogP contribution in [0.5, 0.6) is 5.75 Å². The van der Waals surface area contributed by atoms with Gasteiger partial charge < -0.3 is 15.0 Å². The second-order valence-corrected chi connectivity index (χ2v) is 8.08. The molecule has 2 aromatic rings. The number of hydrogen-bond acceptors (Lipinski definition) is 3. The Morgan fingerprint density at radius 1 is 1.07 bits per heavy atom. The molecule has 0 radical (unpaired) electrons. The third-order valence-corrected chi connectivity index (χ3v) is 4.82. The number of hydrogen-bond donors (Lipinski definition) is 1. The molecule has 5 nitrogen and oxygen atoms in total. The fourth-order valence-corrected chi connectivity index (χ4v) is 2.92. The van der Waals surface area contributed by atoms with Crippen LogP contribution in [0.1, 0.15) is 26.3 Å². The van der Waals surface area contributed by atoms with Crippen molar-refractivity contribution < 1.29 is 14.3 Å². The Hall–Kier alpha value is -2.05. The van der Waals surface area contributed by atoms with E-state index in [4.69, 9.17) is 16.3 Å². The van der Waals surface area contributed by atoms with Crippen LogP contribution in [0.25, 0.3) is 0 Å². The highest BCUT2D eigenvalue weighted by molar-refractivity contribution is 9.10. The van der Waals surface area contributed by atoms with Crippen molar-refractivity contribution >= 4 is 39.3 Å². The average Bonchev–Trinajstić information content (AvgIpc) is 2.65. The molecule has 1 unspecified atom stereocenters. The summed E-state index contributed by atoms with van der Waals surface area (Å²) in [7, 11) is 0. The molecule has 2 rings (SSSR count). The van der Waals surface area contributed by atoms with Crippen molar-refractivity contribution in [3.8, 4) is 5.75 Å². The van der Waals surface area contributed by atoms with E-state index in [0.717, 1.165) is 10.0 Å². The van der Waals surface area contributed by atoms with Gasteiger partial charge in [0.1, 0.15) is 11.8 Å². The maximum atomic E-state index is 12.9. The van der Waals surface area contributed by atoms with E-state index in [2.05, 4.69) is 21.2 Å². The van der Waals surface area contributed by atoms with Gasteiger partial charge in [0.15, 0.2) is 6.61 Å². The number of benzene rings is 2. The lowest BCUT2D eigenvalue weighted by Crippen LogP contribution is -2.50. The molecular weight excluding hydrogens is 444 g/mol. The largest absolute Gasteiger partial charge is 0.484 e. The number of rotatable bonds is 8. The normalized spacial score (nSPS) is 11.8. The van der Waals surface area contributed by atoms with E-state index in [1.165, 1.54) is 4.90 Å². The molecule has 150 valence electrons. The predicted molar refractivity (Wildman–Crippen MR) is 114 cm³/mol. The minimum atomic E-state index is -0.640. The zero-order valence-corrected chi connectivity index (χ0v) is 18.5. The molecule has 1 atom stereocenters. The summed E-state index contributed by atoms with van der Waals surface area (Å²) >= 11 is 9.30. The summed E-state index contributed by atoms with van der Waals surface area (Å²) in [4.78, 5) is 26.9. The molecule has 0 saturated carbocycles. The summed E-state index contributed by atoms with van der Waals surface area (Å²) in [6, 6.07) is 13.8. The van der Waals surface area contributed by atoms with Crippen molar-refractivity contribution in [1.82, 2.24) is 10.2 Å². The number of carbonyl (C=O) groups is 2. The third-order valence-electron chi connectivity index (χ3n) is 4.04. The molecule has 0 bridgehead atoms. The van der Waals surface area contributed by atoms with Crippen LogP contribution in [0.4, 0.5) is 0 Å². The second-order valence-electron chi connectivity index (χ2n) is 6.73. The van der Waals surface area contributed by atoms with Crippen molar-refractivity contribution in [3.05, 3.63) is 63.6 Å². The van der Waals surface area contributed by atoms with E-state index in [0.29, 0.717) is 10.8 Å². The Kier molecular flexibility index (Phi) is 8.33. The van der Waals surface area contributed by atoms with Crippen LogP contribution < -0.4 is 10.1 Å². The molecule has 0 fully saturated rings. The molecule has 2 amide bonds. The van der Waals surface area contributed by atoms with E-state index < -0.39 is 6.04 Å². The molecule has 0 aliphatic rings. The zero-order chi connectivity index (χ0) is 20.7. The molecule has 0 aliphatic carbocycles. The van der Waals surface area contributed by atoms with Crippen molar-refractivity contribution in [2.45, 2.75) is 39.4 Å². The molecule has 28 heavy (non-hydrogen) atoms. The molecule has 0 saturated heterocycles. The summed E-state index contributed by atoms with van der Waals surface area (Å²) in [5, 5.41) is 3.47. The third kappa shape index (κ3) is 6.84. The van der Waals surface area contributed by atoms with Gasteiger partial charge in [0, 0.05) is 22.1 Å². The first kappa shape index (κ1) is 22.2. The topological polar surface area (TPSA) is 58.6 Å². The van der Waals surface area contributed by atoms with Crippen molar-refractivity contribution in [3.63, 3.8) is 0 Å². The Bertz CT molecular complexity index is 794. The molecule has 0 spiro atoms. The molecule has 1 N–H and O–H groups in total. The summed E-state index contributed by atoms with van der Waals surface area (Å²) in [5.41, 5.74) is 0.880. The maximum absolute atomic E-state index is 12.9. The average molecular weight is 468 g/mol. The molecule has 0 aromatic heterocycles. The predicted octanol–water partition coefficient (Wildman–Crippen LogP) is 4.42. The van der Waals surface area contributed by atoms with Crippen LogP contribution >= 0.6 is 27.5 Å². The van der Waals surface area contributed by atoms with Gasteiger partial charge in [0.25, 0.3) is 5.91 Å². The first-order valence-corrected chi connectivity index (χ1v) is 10.2. The lowest BCUT2D eigenvalue weighted by atomic mass is 10.1. The minimum absolute atomic E-state index is 0.0125. The van der Waals surface area contributed by atoms with E-state index in [1.807, 2.05) is 38.1 Å². The Balaban J connectivity index is 2.12. The van der Waals surface area contributed by atoms with Crippen molar-refractivity contribution in [2.24, 2.45) is 0 Å². The zero-order valence-electron chi connectivity index (χ0n) is 16.1. The summed E-state index contributed by atoms with van der Waals surface area (Å²) in [5.74, 6) is 0.104. The minimum Gasteiger partial charge on any atom is -0.484 e. The Morgan fingerprint density at radius 3 is 2.25 bits per heavy atom. The van der Waals surface area contributed by atoms with Gasteiger partial charge in [-0.25, -0.2) is 0 Å². The number of carbonyl (C=O) groups excluding carboxylic acids is 2. The van der Waals surface area contributed by atoms with Crippen LogP contribution in [-0.4, -0.2) is 35.4 Å². The summed E-state index contributed by atoms with van der Waals surface area (Å²) in [6.07, 6.45) is 0. The monoisotopic (exact) mass is 466 g/mol. The van der Waals surface area contributed by atoms with Crippen LogP contribution in [-0.2, 0) is 16.1 Å². The van der Waals surface area contributed by atoms with Crippen LogP contribution in [0.15, 0.2) is 53.0 Å². The number of amides is 2. The van der Waals surface area contributed by atoms with E-state index in [9.17, 15) is 9.59 Å². The van der Waals surface area contributed by atoms with Crippen LogP contribution in [0.2, 0.25) is 5.02 Å². The van der Waals surface area contributed by atoms with Gasteiger partial charge in [-0.1, -0.05) is 39.7 Å². The number of nitrogens with one attached hydrogen (secondary N) is 1. The smallest absolute Gasteiger partial charge is 0.261 e. The van der Waals surface area contributed by atoms with Gasteiger partial charge in [0.2, 0.25) is 5.91 Å². The van der Waals surface area contributed by atoms with E-state index >= 15 is 0 Å². The lowest BCUT2D eigenvalue weighted by Gasteiger charge is -2.29. The van der Waals surface area contributed by atoms with E-state index in [1.54, 1.807) is 31.2 Å². The van der Waals surface area contributed by atoms with E-state index in [-0.39, 0.29) is 31.0 Å². The summed E-state index contributed by atoms with van der Waals surface area (Å²) in [6.45, 7) is 5.60. The first-order valence-electron chi connectivity index (χ1n) is 8.99. The quantitative estimate of drug-likeness (QED) is 0.625. The van der Waals surface area contributed by atoms with Gasteiger partial charge >= 0.3 is 0 Å². The first-order chi connectivity index (χ1) is 13.3. The number of halogens is 2. The molecule has 7 heteroatoms. The highest BCUT2D eigenvalue weighted by atomic mass is 79.9. The molecule has 0 aliphatic heterocycles. The fourth-order valence-electron chi connectivity index (χ4n) is 2.53. The SMILES string of the molecule is CC(C)NC(=O)C(C)N(Cc1ccc(Cl)cc1)C(=O)COc1ccc(Br)cc1. The van der Waals surface area contributed by atoms with Gasteiger partial charge in [-0.2, -0.15) is 0 Å².